The summed E-state index contributed by atoms with van der Waals surface area (Å²) < 4.78 is 5.36. The van der Waals surface area contributed by atoms with Crippen molar-refractivity contribution < 1.29 is 19.1 Å². The van der Waals surface area contributed by atoms with Gasteiger partial charge in [-0.25, -0.2) is 5.43 Å². The van der Waals surface area contributed by atoms with Crippen LogP contribution in [0.3, 0.4) is 0 Å². The number of hydrazine groups is 1. The number of rotatable bonds is 6. The molecule has 3 amide bonds. The lowest BCUT2D eigenvalue weighted by molar-refractivity contribution is -0.133. The van der Waals surface area contributed by atoms with Crippen LogP contribution in [-0.4, -0.2) is 30.9 Å². The molecule has 8 heteroatoms. The van der Waals surface area contributed by atoms with Crippen molar-refractivity contribution in [3.8, 4) is 5.75 Å². The Kier molecular flexibility index (Phi) is 6.93. The Balaban J connectivity index is 1.48. The molecule has 3 atom stereocenters. The highest BCUT2D eigenvalue weighted by Gasteiger charge is 2.39. The highest BCUT2D eigenvalue weighted by Crippen LogP contribution is 2.35. The second kappa shape index (κ2) is 10.0. The van der Waals surface area contributed by atoms with Gasteiger partial charge in [0.05, 0.1) is 12.8 Å². The number of benzene rings is 2. The van der Waals surface area contributed by atoms with Crippen LogP contribution in [0.5, 0.6) is 5.75 Å². The van der Waals surface area contributed by atoms with Gasteiger partial charge in [0.15, 0.2) is 0 Å². The van der Waals surface area contributed by atoms with E-state index in [2.05, 4.69) is 21.5 Å². The second-order valence-corrected chi connectivity index (χ2v) is 8.75. The van der Waals surface area contributed by atoms with Crippen LogP contribution < -0.4 is 26.2 Å². The van der Waals surface area contributed by atoms with E-state index in [1.165, 1.54) is 14.0 Å². The quantitative estimate of drug-likeness (QED) is 0.540. The highest BCUT2D eigenvalue weighted by atomic mass is 16.5. The average molecular weight is 451 g/mol. The van der Waals surface area contributed by atoms with Gasteiger partial charge in [0.1, 0.15) is 5.75 Å². The summed E-state index contributed by atoms with van der Waals surface area (Å²) in [5, 5.41) is 5.59. The standard InChI is InChI=1S/C25H30N4O4/c1-15(30)26-18-10-11-23(33-2)22(14-18)27-24(31)17-7-5-6-16(12-17)13-21-19-8-3-4-9-20(19)25(32)29-28-21/h5-7,10-12,14,19-21,28H,3-4,8-9,13H2,1-2H3,(H,26,30)(H,27,31)(H,29,32). The first-order chi connectivity index (χ1) is 15.9. The van der Waals surface area contributed by atoms with Crippen molar-refractivity contribution in [2.75, 3.05) is 17.7 Å². The number of anilines is 2. The summed E-state index contributed by atoms with van der Waals surface area (Å²) in [6, 6.07) is 12.7. The predicted octanol–water partition coefficient (Wildman–Crippen LogP) is 3.26. The van der Waals surface area contributed by atoms with E-state index in [-0.39, 0.29) is 29.7 Å². The van der Waals surface area contributed by atoms with Gasteiger partial charge in [-0.15, -0.1) is 0 Å². The fraction of sp³-hybridized carbons (Fsp3) is 0.400. The van der Waals surface area contributed by atoms with Crippen LogP contribution in [-0.2, 0) is 16.0 Å². The molecule has 174 valence electrons. The van der Waals surface area contributed by atoms with Gasteiger partial charge in [-0.2, -0.15) is 0 Å². The van der Waals surface area contributed by atoms with Crippen LogP contribution in [0, 0.1) is 11.8 Å². The Morgan fingerprint density at radius 1 is 1.09 bits per heavy atom. The van der Waals surface area contributed by atoms with Crippen molar-refractivity contribution in [1.82, 2.24) is 10.9 Å². The molecule has 8 nitrogen and oxygen atoms in total. The number of amides is 3. The highest BCUT2D eigenvalue weighted by molar-refractivity contribution is 6.05. The van der Waals surface area contributed by atoms with Crippen molar-refractivity contribution in [2.24, 2.45) is 11.8 Å². The van der Waals surface area contributed by atoms with Crippen LogP contribution in [0.4, 0.5) is 11.4 Å². The first kappa shape index (κ1) is 22.8. The van der Waals surface area contributed by atoms with Gasteiger partial charge >= 0.3 is 0 Å². The van der Waals surface area contributed by atoms with Crippen molar-refractivity contribution in [3.63, 3.8) is 0 Å². The fourth-order valence-corrected chi connectivity index (χ4v) is 4.91. The first-order valence-electron chi connectivity index (χ1n) is 11.4. The number of methoxy groups -OCH3 is 1. The van der Waals surface area contributed by atoms with Crippen LogP contribution in [0.25, 0.3) is 0 Å². The number of carbonyl (C=O) groups is 3. The third-order valence-corrected chi connectivity index (χ3v) is 6.47. The lowest BCUT2D eigenvalue weighted by Crippen LogP contribution is -2.60. The molecule has 1 saturated carbocycles. The van der Waals surface area contributed by atoms with Gasteiger partial charge in [0.25, 0.3) is 5.91 Å². The molecule has 0 spiro atoms. The summed E-state index contributed by atoms with van der Waals surface area (Å²) in [5.74, 6) is 0.512. The summed E-state index contributed by atoms with van der Waals surface area (Å²) in [4.78, 5) is 36.6. The maximum Gasteiger partial charge on any atom is 0.255 e. The number of carbonyl (C=O) groups excluding carboxylic acids is 3. The van der Waals surface area contributed by atoms with Crippen molar-refractivity contribution >= 4 is 29.1 Å². The molecule has 2 aromatic rings. The predicted molar refractivity (Wildman–Crippen MR) is 126 cm³/mol. The van der Waals surface area contributed by atoms with E-state index in [9.17, 15) is 14.4 Å². The molecule has 2 fully saturated rings. The molecule has 0 radical (unpaired) electrons. The topological polar surface area (TPSA) is 109 Å². The van der Waals surface area contributed by atoms with Crippen molar-refractivity contribution in [2.45, 2.75) is 45.1 Å². The van der Waals surface area contributed by atoms with E-state index < -0.39 is 0 Å². The summed E-state index contributed by atoms with van der Waals surface area (Å²) in [7, 11) is 1.53. The third-order valence-electron chi connectivity index (χ3n) is 6.47. The molecular formula is C25H30N4O4. The zero-order valence-corrected chi connectivity index (χ0v) is 18.9. The van der Waals surface area contributed by atoms with Crippen LogP contribution >= 0.6 is 0 Å². The fourth-order valence-electron chi connectivity index (χ4n) is 4.91. The second-order valence-electron chi connectivity index (χ2n) is 8.75. The molecule has 1 heterocycles. The minimum atomic E-state index is -0.268. The molecule has 1 aliphatic heterocycles. The average Bonchev–Trinajstić information content (AvgIpc) is 2.81. The van der Waals surface area contributed by atoms with Crippen LogP contribution in [0.1, 0.15) is 48.5 Å². The van der Waals surface area contributed by atoms with E-state index in [1.54, 1.807) is 24.3 Å². The number of hydrogen-bond donors (Lipinski definition) is 4. The number of hydrogen-bond acceptors (Lipinski definition) is 5. The zero-order chi connectivity index (χ0) is 23.4. The van der Waals surface area contributed by atoms with Gasteiger partial charge in [0, 0.05) is 30.1 Å². The maximum absolute atomic E-state index is 13.0. The van der Waals surface area contributed by atoms with Gasteiger partial charge in [-0.05, 0) is 61.1 Å². The van der Waals surface area contributed by atoms with E-state index in [0.29, 0.717) is 28.6 Å². The normalized spacial score (nSPS) is 22.0. The van der Waals surface area contributed by atoms with Crippen molar-refractivity contribution in [3.05, 3.63) is 53.6 Å². The lowest BCUT2D eigenvalue weighted by Gasteiger charge is -2.41. The van der Waals surface area contributed by atoms with E-state index in [0.717, 1.165) is 37.7 Å². The summed E-state index contributed by atoms with van der Waals surface area (Å²) in [6.45, 7) is 1.43. The molecule has 4 N–H and O–H groups in total. The SMILES string of the molecule is COc1ccc(NC(C)=O)cc1NC(=O)c1cccc(CC2NNC(=O)C3CCCCC23)c1. The smallest absolute Gasteiger partial charge is 0.255 e. The molecule has 33 heavy (non-hydrogen) atoms. The summed E-state index contributed by atoms with van der Waals surface area (Å²) >= 11 is 0. The first-order valence-corrected chi connectivity index (χ1v) is 11.4. The van der Waals surface area contributed by atoms with E-state index >= 15 is 0 Å². The molecule has 2 aromatic carbocycles. The van der Waals surface area contributed by atoms with Gasteiger partial charge < -0.3 is 15.4 Å². The monoisotopic (exact) mass is 450 g/mol. The molecule has 1 aliphatic carbocycles. The molecular weight excluding hydrogens is 420 g/mol. The van der Waals surface area contributed by atoms with Gasteiger partial charge in [-0.3, -0.25) is 19.8 Å². The Hall–Kier alpha value is -3.39. The summed E-state index contributed by atoms with van der Waals surface area (Å²) in [5.41, 5.74) is 8.63. The Morgan fingerprint density at radius 2 is 1.91 bits per heavy atom. The van der Waals surface area contributed by atoms with E-state index in [4.69, 9.17) is 4.74 Å². The molecule has 1 saturated heterocycles. The van der Waals surface area contributed by atoms with Crippen LogP contribution in [0.2, 0.25) is 0 Å². The molecule has 0 aromatic heterocycles. The molecule has 2 aliphatic rings. The number of nitrogens with one attached hydrogen (secondary N) is 4. The largest absolute Gasteiger partial charge is 0.495 e. The Morgan fingerprint density at radius 3 is 2.70 bits per heavy atom. The van der Waals surface area contributed by atoms with Crippen molar-refractivity contribution in [1.29, 1.82) is 0 Å². The molecule has 0 bridgehead atoms. The molecule has 3 unspecified atom stereocenters. The zero-order valence-electron chi connectivity index (χ0n) is 18.9. The third kappa shape index (κ3) is 5.34. The van der Waals surface area contributed by atoms with Gasteiger partial charge in [0.2, 0.25) is 11.8 Å². The lowest BCUT2D eigenvalue weighted by atomic mass is 9.72. The number of ether oxygens (including phenoxy) is 1. The Bertz CT molecular complexity index is 1050. The molecule has 4 rings (SSSR count). The minimum Gasteiger partial charge on any atom is -0.495 e. The Labute approximate surface area is 193 Å². The summed E-state index contributed by atoms with van der Waals surface area (Å²) in [6.07, 6.45) is 4.96. The number of fused-ring (bicyclic) bond motifs is 1. The van der Waals surface area contributed by atoms with Crippen LogP contribution in [0.15, 0.2) is 42.5 Å². The minimum absolute atomic E-state index is 0.0693. The van der Waals surface area contributed by atoms with Gasteiger partial charge in [-0.1, -0.05) is 25.0 Å². The maximum atomic E-state index is 13.0. The van der Waals surface area contributed by atoms with E-state index in [1.807, 2.05) is 18.2 Å².